The molecule has 0 spiro atoms. The summed E-state index contributed by atoms with van der Waals surface area (Å²) in [5.41, 5.74) is 0. The van der Waals surface area contributed by atoms with Gasteiger partial charge >= 0.3 is 19.5 Å². The first-order chi connectivity index (χ1) is 5.56. The van der Waals surface area contributed by atoms with Gasteiger partial charge in [0.2, 0.25) is 0 Å². The molecular formula is C7H16N2S3SiZn. The predicted molar refractivity (Wildman–Crippen MR) is 74.0 cm³/mol. The maximum absolute atomic E-state index is 5.08. The second-order valence-electron chi connectivity index (χ2n) is 2.49. The molecule has 7 heteroatoms. The van der Waals surface area contributed by atoms with Crippen LogP contribution in [-0.2, 0) is 32.1 Å². The zero-order chi connectivity index (χ0) is 9.56. The Balaban J connectivity index is -0.000000605. The molecule has 1 unspecified atom stereocenters. The van der Waals surface area contributed by atoms with Crippen LogP contribution in [0, 0.1) is 7.43 Å². The van der Waals surface area contributed by atoms with Crippen molar-refractivity contribution in [2.75, 3.05) is 6.54 Å². The van der Waals surface area contributed by atoms with Gasteiger partial charge in [-0.05, 0) is 6.92 Å². The van der Waals surface area contributed by atoms with Crippen LogP contribution in [0.5, 0.6) is 0 Å². The normalized spacial score (nSPS) is 11.0. The molecule has 78 valence electrons. The van der Waals surface area contributed by atoms with Gasteiger partial charge in [-0.15, -0.1) is 0 Å². The van der Waals surface area contributed by atoms with Crippen molar-refractivity contribution in [2.45, 2.75) is 19.5 Å². The molecule has 0 saturated carbocycles. The number of rotatable bonds is 4. The van der Waals surface area contributed by atoms with Crippen molar-refractivity contribution in [2.24, 2.45) is 0 Å². The van der Waals surface area contributed by atoms with Crippen LogP contribution in [0.15, 0.2) is 0 Å². The third-order valence-electron chi connectivity index (χ3n) is 1.28. The van der Waals surface area contributed by atoms with Gasteiger partial charge in [0.25, 0.3) is 0 Å². The van der Waals surface area contributed by atoms with Gasteiger partial charge in [0.05, 0.1) is 9.52 Å². The van der Waals surface area contributed by atoms with Crippen molar-refractivity contribution in [1.29, 1.82) is 0 Å². The molecule has 0 saturated heterocycles. The van der Waals surface area contributed by atoms with Gasteiger partial charge in [-0.1, -0.05) is 23.1 Å². The van der Waals surface area contributed by atoms with Gasteiger partial charge in [-0.2, -0.15) is 0 Å². The molecule has 0 fully saturated rings. The Kier molecular flexibility index (Phi) is 17.3. The number of hydrogen-bond donors (Lipinski definition) is 2. The Morgan fingerprint density at radius 1 is 1.50 bits per heavy atom. The average molecular weight is 318 g/mol. The van der Waals surface area contributed by atoms with E-state index < -0.39 is 0 Å². The van der Waals surface area contributed by atoms with Crippen molar-refractivity contribution in [3.05, 3.63) is 7.43 Å². The van der Waals surface area contributed by atoms with Crippen molar-refractivity contribution in [1.82, 2.24) is 10.6 Å². The van der Waals surface area contributed by atoms with Crippen LogP contribution in [0.2, 0.25) is 6.55 Å². The van der Waals surface area contributed by atoms with Gasteiger partial charge < -0.3 is 42.9 Å². The van der Waals surface area contributed by atoms with E-state index in [2.05, 4.69) is 24.1 Å². The molecule has 0 amide bonds. The predicted octanol–water partition coefficient (Wildman–Crippen LogP) is 0.335. The minimum Gasteiger partial charge on any atom is -0.412 e. The van der Waals surface area contributed by atoms with Crippen LogP contribution in [-0.4, -0.2) is 31.0 Å². The van der Waals surface area contributed by atoms with E-state index in [9.17, 15) is 0 Å². The van der Waals surface area contributed by atoms with Gasteiger partial charge in [0, 0.05) is 17.2 Å². The van der Waals surface area contributed by atoms with Gasteiger partial charge in [-0.25, -0.2) is 0 Å². The maximum Gasteiger partial charge on any atom is 2.00 e. The number of nitrogens with one attached hydrogen (secondary N) is 2. The van der Waals surface area contributed by atoms with Crippen molar-refractivity contribution in [3.8, 4) is 0 Å². The summed E-state index contributed by atoms with van der Waals surface area (Å²) < 4.78 is 1.43. The number of hydrogen-bond acceptors (Lipinski definition) is 3. The molecule has 0 rings (SSSR count). The molecule has 0 aliphatic rings. The Labute approximate surface area is 118 Å². The van der Waals surface area contributed by atoms with Crippen molar-refractivity contribution in [3.63, 3.8) is 0 Å². The first-order valence-electron chi connectivity index (χ1n) is 3.80. The Bertz CT molecular complexity index is 180. The fourth-order valence-electron chi connectivity index (χ4n) is 0.664. The monoisotopic (exact) mass is 316 g/mol. The number of thiocarbonyl (C=S) groups is 2. The van der Waals surface area contributed by atoms with E-state index in [0.29, 0.717) is 10.4 Å². The minimum atomic E-state index is -0.207. The topological polar surface area (TPSA) is 24.1 Å². The fraction of sp³-hybridized carbons (Fsp3) is 0.571. The molecule has 0 radical (unpaired) electrons. The Hall–Kier alpha value is 0.840. The van der Waals surface area contributed by atoms with Crippen LogP contribution in [0.3, 0.4) is 0 Å². The molecular weight excluding hydrogens is 302 g/mol. The SMILES string of the molecule is C[SiH2]C(=S)NC(C)CNC(=S)[S-].[CH3-].[Zn+2]. The standard InChI is InChI=1S/C6H14N2S3Si.CH3.Zn/c1-4(3-7-5(9)10)8-6(11)12-2;;/h4H,3,12H2,1-2H3,(H,8,11)(H2,7,9,10);1H3;/q;-1;+2/p-1. The first-order valence-corrected chi connectivity index (χ1v) is 7.15. The molecule has 2 N–H and O–H groups in total. The van der Waals surface area contributed by atoms with Crippen molar-refractivity contribution < 1.29 is 19.5 Å². The third kappa shape index (κ3) is 12.8. The van der Waals surface area contributed by atoms with E-state index in [-0.39, 0.29) is 36.4 Å². The molecule has 0 aromatic carbocycles. The van der Waals surface area contributed by atoms with E-state index in [1.54, 1.807) is 0 Å². The first kappa shape index (κ1) is 20.3. The smallest absolute Gasteiger partial charge is 0.412 e. The maximum atomic E-state index is 5.08. The summed E-state index contributed by atoms with van der Waals surface area (Å²) in [5.74, 6) is 0. The van der Waals surface area contributed by atoms with E-state index >= 15 is 0 Å². The molecule has 0 aromatic heterocycles. The third-order valence-corrected chi connectivity index (χ3v) is 3.40. The summed E-state index contributed by atoms with van der Waals surface area (Å²) in [7, 11) is -0.207. The minimum absolute atomic E-state index is 0. The quantitative estimate of drug-likeness (QED) is 0.337. The molecule has 0 aliphatic heterocycles. The summed E-state index contributed by atoms with van der Waals surface area (Å²) >= 11 is 14.5. The Morgan fingerprint density at radius 3 is 2.36 bits per heavy atom. The Morgan fingerprint density at radius 2 is 2.00 bits per heavy atom. The molecule has 14 heavy (non-hydrogen) atoms. The second kappa shape index (κ2) is 11.9. The van der Waals surface area contributed by atoms with E-state index in [1.807, 2.05) is 0 Å². The zero-order valence-electron chi connectivity index (χ0n) is 8.92. The van der Waals surface area contributed by atoms with Gasteiger partial charge in [-0.3, -0.25) is 0 Å². The largest absolute Gasteiger partial charge is 2.00 e. The van der Waals surface area contributed by atoms with E-state index in [1.165, 1.54) is 0 Å². The molecule has 1 atom stereocenters. The van der Waals surface area contributed by atoms with Crippen LogP contribution in [0.25, 0.3) is 0 Å². The zero-order valence-corrected chi connectivity index (χ0v) is 15.8. The second-order valence-corrected chi connectivity index (χ2v) is 5.98. The molecule has 0 heterocycles. The molecule has 0 bridgehead atoms. The van der Waals surface area contributed by atoms with Gasteiger partial charge in [0.1, 0.15) is 0 Å². The average Bonchev–Trinajstić information content (AvgIpc) is 2.00. The molecule has 0 aromatic rings. The van der Waals surface area contributed by atoms with Crippen LogP contribution in [0.1, 0.15) is 6.92 Å². The van der Waals surface area contributed by atoms with E-state index in [4.69, 9.17) is 37.1 Å². The van der Waals surface area contributed by atoms with E-state index in [0.717, 1.165) is 11.2 Å². The fourth-order valence-corrected chi connectivity index (χ4v) is 1.58. The molecule has 0 aliphatic carbocycles. The van der Waals surface area contributed by atoms with Crippen LogP contribution < -0.4 is 10.6 Å². The summed E-state index contributed by atoms with van der Waals surface area (Å²) in [6, 6.07) is 0.311. The summed E-state index contributed by atoms with van der Waals surface area (Å²) in [4.78, 5) is 0. The van der Waals surface area contributed by atoms with Gasteiger partial charge in [0.15, 0.2) is 0 Å². The molecule has 2 nitrogen and oxygen atoms in total. The summed E-state index contributed by atoms with van der Waals surface area (Å²) in [6.45, 7) is 4.96. The van der Waals surface area contributed by atoms with Crippen molar-refractivity contribution >= 4 is 55.5 Å². The van der Waals surface area contributed by atoms with Crippen LogP contribution >= 0.6 is 24.4 Å². The van der Waals surface area contributed by atoms with Crippen LogP contribution in [0.4, 0.5) is 0 Å². The summed E-state index contributed by atoms with van der Waals surface area (Å²) in [5, 5.41) is 6.12. The summed E-state index contributed by atoms with van der Waals surface area (Å²) in [6.07, 6.45) is 0.